The van der Waals surface area contributed by atoms with E-state index in [1.54, 1.807) is 12.1 Å². The molecule has 2 saturated heterocycles. The van der Waals surface area contributed by atoms with Crippen LogP contribution in [0.15, 0.2) is 36.9 Å². The molecule has 1 aromatic rings. The average molecular weight is 477 g/mol. The number of carbonyl (C=O) groups is 3. The smallest absolute Gasteiger partial charge is 0.303 e. The Morgan fingerprint density at radius 1 is 1.26 bits per heavy atom. The number of rotatable bonds is 8. The van der Waals surface area contributed by atoms with Gasteiger partial charge in [0.05, 0.1) is 25.7 Å². The first-order valence-electron chi connectivity index (χ1n) is 11.8. The first kappa shape index (κ1) is 23.1. The third-order valence-electron chi connectivity index (χ3n) is 5.95. The molecule has 1 aromatic carbocycles. The lowest BCUT2D eigenvalue weighted by Crippen LogP contribution is -2.67. The van der Waals surface area contributed by atoms with E-state index in [4.69, 9.17) is 25.1 Å². The lowest BCUT2D eigenvalue weighted by Gasteiger charge is -2.48. The second kappa shape index (κ2) is 10.7. The van der Waals surface area contributed by atoms with Gasteiger partial charge in [0.25, 0.3) is 11.8 Å². The van der Waals surface area contributed by atoms with Crippen molar-refractivity contribution in [3.8, 4) is 0 Å². The summed E-state index contributed by atoms with van der Waals surface area (Å²) < 4.78 is 36.9. The standard InChI is InChI=1S/C24H29NO9/c1-3-11-31-24-19(25-22(28)15-8-4-5-9-16(15)23(25)29)21(32-14(2)27)20(17(13-26)33-24)34-18-10-6-7-12-30-18/h3-5,8-9,17-21,24,26H,1,6-7,10-13H2,2H3/t17-,18?,19-,20-,21-,24-/m1/s1/i13D/t13?,17-,18?,19-,20-,21-,24-. The van der Waals surface area contributed by atoms with Crippen molar-refractivity contribution < 1.29 is 44.5 Å². The normalized spacial score (nSPS) is 32.6. The minimum atomic E-state index is -1.81. The molecule has 10 nitrogen and oxygen atoms in total. The van der Waals surface area contributed by atoms with Crippen LogP contribution in [0.5, 0.6) is 0 Å². The molecule has 2 unspecified atom stereocenters. The largest absolute Gasteiger partial charge is 0.457 e. The van der Waals surface area contributed by atoms with Gasteiger partial charge in [0.1, 0.15) is 18.2 Å². The van der Waals surface area contributed by atoms with E-state index in [9.17, 15) is 19.5 Å². The molecule has 0 radical (unpaired) electrons. The van der Waals surface area contributed by atoms with Gasteiger partial charge in [0.2, 0.25) is 0 Å². The van der Waals surface area contributed by atoms with Crippen molar-refractivity contribution in [2.24, 2.45) is 0 Å². The molecule has 10 heteroatoms. The quantitative estimate of drug-likeness (QED) is 0.337. The summed E-state index contributed by atoms with van der Waals surface area (Å²) in [6.07, 6.45) is -2.24. The fourth-order valence-electron chi connectivity index (χ4n) is 4.49. The zero-order valence-electron chi connectivity index (χ0n) is 19.8. The van der Waals surface area contributed by atoms with E-state index in [1.807, 2.05) is 0 Å². The lowest BCUT2D eigenvalue weighted by molar-refractivity contribution is -0.313. The van der Waals surface area contributed by atoms with Crippen molar-refractivity contribution in [1.82, 2.24) is 4.90 Å². The highest BCUT2D eigenvalue weighted by Crippen LogP contribution is 2.36. The number of hydrogen-bond donors (Lipinski definition) is 1. The summed E-state index contributed by atoms with van der Waals surface area (Å²) in [5, 5.41) is 10.2. The van der Waals surface area contributed by atoms with E-state index in [-0.39, 0.29) is 17.7 Å². The van der Waals surface area contributed by atoms with Crippen LogP contribution in [0.3, 0.4) is 0 Å². The Bertz CT molecular complexity index is 929. The molecule has 2 amide bonds. The molecule has 4 rings (SSSR count). The number of nitrogens with zero attached hydrogens (tertiary/aromatic N) is 1. The summed E-state index contributed by atoms with van der Waals surface area (Å²) in [4.78, 5) is 39.8. The van der Waals surface area contributed by atoms with Crippen LogP contribution in [-0.2, 0) is 28.5 Å². The number of fused-ring (bicyclic) bond motifs is 1. The number of aliphatic hydroxyl groups excluding tert-OH is 1. The molecule has 0 aromatic heterocycles. The van der Waals surface area contributed by atoms with E-state index in [2.05, 4.69) is 6.58 Å². The maximum atomic E-state index is 13.4. The SMILES string of the molecule is [2H]C(O)[C@H]1O[C@@H](OCC=C)[C@H](N2C(=O)c3ccccc3C2=O)[C@@H](OC(C)=O)[C@@H]1OC1CCCCO1. The molecule has 0 saturated carbocycles. The maximum absolute atomic E-state index is 13.4. The van der Waals surface area contributed by atoms with Crippen LogP contribution >= 0.6 is 0 Å². The Morgan fingerprint density at radius 2 is 1.97 bits per heavy atom. The summed E-state index contributed by atoms with van der Waals surface area (Å²) in [5.74, 6) is -1.93. The fourth-order valence-corrected chi connectivity index (χ4v) is 4.49. The fraction of sp³-hybridized carbons (Fsp3) is 0.542. The van der Waals surface area contributed by atoms with Crippen LogP contribution in [-0.4, -0.2) is 84.5 Å². The highest BCUT2D eigenvalue weighted by atomic mass is 16.7. The maximum Gasteiger partial charge on any atom is 0.303 e. The van der Waals surface area contributed by atoms with Gasteiger partial charge in [-0.15, -0.1) is 6.58 Å². The van der Waals surface area contributed by atoms with Crippen molar-refractivity contribution in [2.75, 3.05) is 19.8 Å². The van der Waals surface area contributed by atoms with Gasteiger partial charge >= 0.3 is 5.97 Å². The monoisotopic (exact) mass is 476 g/mol. The van der Waals surface area contributed by atoms with Gasteiger partial charge in [-0.3, -0.25) is 19.3 Å². The van der Waals surface area contributed by atoms with Crippen molar-refractivity contribution in [2.45, 2.75) is 63.1 Å². The number of hydrogen-bond acceptors (Lipinski definition) is 9. The highest BCUT2D eigenvalue weighted by Gasteiger charge is 2.56. The Balaban J connectivity index is 1.76. The number of imide groups is 1. The molecular weight excluding hydrogens is 446 g/mol. The number of ether oxygens (including phenoxy) is 5. The van der Waals surface area contributed by atoms with Crippen molar-refractivity contribution >= 4 is 17.8 Å². The van der Waals surface area contributed by atoms with Gasteiger partial charge in [0.15, 0.2) is 18.7 Å². The van der Waals surface area contributed by atoms with E-state index < -0.39 is 61.3 Å². The van der Waals surface area contributed by atoms with Crippen molar-refractivity contribution in [3.63, 3.8) is 0 Å². The number of esters is 1. The lowest BCUT2D eigenvalue weighted by atomic mass is 9.94. The first-order valence-corrected chi connectivity index (χ1v) is 11.2. The molecule has 0 aliphatic carbocycles. The van der Waals surface area contributed by atoms with E-state index in [1.165, 1.54) is 25.1 Å². The molecular formula is C24H29NO9. The zero-order valence-corrected chi connectivity index (χ0v) is 18.8. The molecule has 0 spiro atoms. The topological polar surface area (TPSA) is 121 Å². The van der Waals surface area contributed by atoms with Crippen molar-refractivity contribution in [3.05, 3.63) is 48.0 Å². The predicted octanol–water partition coefficient (Wildman–Crippen LogP) is 1.41. The average Bonchev–Trinajstić information content (AvgIpc) is 3.09. The van der Waals surface area contributed by atoms with E-state index in [0.29, 0.717) is 13.0 Å². The Labute approximate surface area is 198 Å². The van der Waals surface area contributed by atoms with Gasteiger partial charge in [0, 0.05) is 13.5 Å². The minimum absolute atomic E-state index is 0.0325. The molecule has 34 heavy (non-hydrogen) atoms. The van der Waals surface area contributed by atoms with E-state index >= 15 is 0 Å². The van der Waals surface area contributed by atoms with Crippen LogP contribution in [0.1, 0.15) is 48.3 Å². The summed E-state index contributed by atoms with van der Waals surface area (Å²) in [5.41, 5.74) is 0.384. The third kappa shape index (κ3) is 4.77. The van der Waals surface area contributed by atoms with Gasteiger partial charge in [-0.05, 0) is 31.4 Å². The Morgan fingerprint density at radius 3 is 2.53 bits per heavy atom. The first-order chi connectivity index (χ1) is 16.8. The highest BCUT2D eigenvalue weighted by molar-refractivity contribution is 6.21. The number of aliphatic hydroxyl groups is 1. The zero-order chi connectivity index (χ0) is 25.1. The minimum Gasteiger partial charge on any atom is -0.457 e. The second-order valence-corrected chi connectivity index (χ2v) is 8.23. The van der Waals surface area contributed by atoms with Gasteiger partial charge in [-0.25, -0.2) is 0 Å². The second-order valence-electron chi connectivity index (χ2n) is 8.23. The summed E-state index contributed by atoms with van der Waals surface area (Å²) >= 11 is 0. The Kier molecular flexibility index (Phi) is 7.31. The molecule has 7 atom stereocenters. The number of benzene rings is 1. The van der Waals surface area contributed by atoms with Crippen LogP contribution in [0.25, 0.3) is 0 Å². The third-order valence-corrected chi connectivity index (χ3v) is 5.95. The summed E-state index contributed by atoms with van der Waals surface area (Å²) in [7, 11) is 0. The van der Waals surface area contributed by atoms with Crippen LogP contribution < -0.4 is 0 Å². The van der Waals surface area contributed by atoms with Crippen LogP contribution in [0, 0.1) is 0 Å². The molecule has 3 aliphatic heterocycles. The van der Waals surface area contributed by atoms with Gasteiger partial charge < -0.3 is 28.8 Å². The van der Waals surface area contributed by atoms with Crippen LogP contribution in [0.4, 0.5) is 0 Å². The molecule has 2 fully saturated rings. The Hall–Kier alpha value is -2.63. The predicted molar refractivity (Wildman–Crippen MR) is 117 cm³/mol. The van der Waals surface area contributed by atoms with Gasteiger partial charge in [-0.2, -0.15) is 0 Å². The molecule has 0 bridgehead atoms. The molecule has 1 N–H and O–H groups in total. The van der Waals surface area contributed by atoms with Crippen molar-refractivity contribution in [1.29, 1.82) is 0 Å². The molecule has 3 heterocycles. The summed E-state index contributed by atoms with van der Waals surface area (Å²) in [6.45, 7) is 3.40. The number of carbonyl (C=O) groups excluding carboxylic acids is 3. The van der Waals surface area contributed by atoms with Crippen LogP contribution in [0.2, 0.25) is 0 Å². The van der Waals surface area contributed by atoms with E-state index in [0.717, 1.165) is 17.7 Å². The molecule has 3 aliphatic rings. The molecule has 184 valence electrons. The van der Waals surface area contributed by atoms with Gasteiger partial charge in [-0.1, -0.05) is 18.2 Å². The number of amides is 2. The summed E-state index contributed by atoms with van der Waals surface area (Å²) in [6, 6.07) is 5.06.